The molecule has 0 aromatic carbocycles. The number of carbonyl (C=O) groups excluding carboxylic acids is 2. The lowest BCUT2D eigenvalue weighted by atomic mass is 10.3. The van der Waals surface area contributed by atoms with E-state index in [4.69, 9.17) is 4.74 Å². The molecule has 0 saturated carbocycles. The van der Waals surface area contributed by atoms with Crippen molar-refractivity contribution in [2.24, 2.45) is 0 Å². The van der Waals surface area contributed by atoms with Crippen LogP contribution in [0.5, 0.6) is 0 Å². The Labute approximate surface area is 128 Å². The molecule has 0 radical (unpaired) electrons. The number of rotatable bonds is 9. The maximum atomic E-state index is 11.5. The molecular weight excluding hydrogens is 292 g/mol. The van der Waals surface area contributed by atoms with E-state index in [0.717, 1.165) is 0 Å². The fourth-order valence-corrected chi connectivity index (χ4v) is 1.31. The molecule has 0 aliphatic heterocycles. The van der Waals surface area contributed by atoms with Gasteiger partial charge in [0.2, 0.25) is 5.91 Å². The molecule has 8 nitrogen and oxygen atoms in total. The molecule has 0 aromatic heterocycles. The molecule has 0 unspecified atom stereocenters. The van der Waals surface area contributed by atoms with E-state index in [2.05, 4.69) is 10.2 Å². The summed E-state index contributed by atoms with van der Waals surface area (Å²) in [7, 11) is 0. The van der Waals surface area contributed by atoms with E-state index in [0.29, 0.717) is 11.5 Å². The monoisotopic (exact) mass is 312 g/mol. The van der Waals surface area contributed by atoms with E-state index < -0.39 is 11.1 Å². The number of hydrogen-bond donors (Lipinski definition) is 1. The van der Waals surface area contributed by atoms with Crippen LogP contribution in [0.1, 0.15) is 33.6 Å². The SMILES string of the molecule is C\C=C(/C=C\C(=C/C)OC(=O)CCCO[N+](=O)[O-])NC(C)=O. The van der Waals surface area contributed by atoms with Gasteiger partial charge >= 0.3 is 5.97 Å². The first-order chi connectivity index (χ1) is 10.4. The summed E-state index contributed by atoms with van der Waals surface area (Å²) >= 11 is 0. The number of nitrogens with zero attached hydrogens (tertiary/aromatic N) is 1. The Balaban J connectivity index is 4.34. The van der Waals surface area contributed by atoms with E-state index in [1.807, 2.05) is 0 Å². The Morgan fingerprint density at radius 3 is 2.41 bits per heavy atom. The van der Waals surface area contributed by atoms with Crippen molar-refractivity contribution in [1.82, 2.24) is 5.32 Å². The highest BCUT2D eigenvalue weighted by atomic mass is 16.9. The third-order valence-corrected chi connectivity index (χ3v) is 2.30. The Morgan fingerprint density at radius 1 is 1.23 bits per heavy atom. The zero-order valence-corrected chi connectivity index (χ0v) is 12.8. The highest BCUT2D eigenvalue weighted by molar-refractivity contribution is 5.75. The van der Waals surface area contributed by atoms with Crippen molar-refractivity contribution in [3.63, 3.8) is 0 Å². The standard InChI is InChI=1S/C14H20N2O6/c1-4-12(15-11(3)17)8-9-13(5-2)22-14(18)7-6-10-21-16(19)20/h4-5,8-9H,6-7,10H2,1-3H3,(H,15,17)/b9-8-,12-4+,13-5+. The Hall–Kier alpha value is -2.64. The van der Waals surface area contributed by atoms with Crippen LogP contribution in [0.3, 0.4) is 0 Å². The summed E-state index contributed by atoms with van der Waals surface area (Å²) < 4.78 is 5.08. The van der Waals surface area contributed by atoms with Gasteiger partial charge in [0.15, 0.2) is 0 Å². The van der Waals surface area contributed by atoms with Crippen LogP contribution < -0.4 is 5.32 Å². The Kier molecular flexibility index (Phi) is 9.74. The minimum absolute atomic E-state index is 0.00118. The topological polar surface area (TPSA) is 108 Å². The summed E-state index contributed by atoms with van der Waals surface area (Å²) in [6.45, 7) is 4.68. The predicted molar refractivity (Wildman–Crippen MR) is 78.7 cm³/mol. The number of ether oxygens (including phenoxy) is 1. The van der Waals surface area contributed by atoms with Crippen LogP contribution >= 0.6 is 0 Å². The molecule has 0 fully saturated rings. The van der Waals surface area contributed by atoms with E-state index in [9.17, 15) is 19.7 Å². The van der Waals surface area contributed by atoms with Gasteiger partial charge in [0.25, 0.3) is 5.09 Å². The summed E-state index contributed by atoms with van der Waals surface area (Å²) in [6, 6.07) is 0. The van der Waals surface area contributed by atoms with Crippen molar-refractivity contribution in [2.75, 3.05) is 6.61 Å². The molecule has 0 saturated heterocycles. The molecule has 122 valence electrons. The molecule has 8 heteroatoms. The first-order valence-corrected chi connectivity index (χ1v) is 6.65. The quantitative estimate of drug-likeness (QED) is 0.174. The fraction of sp³-hybridized carbons (Fsp3) is 0.429. The maximum absolute atomic E-state index is 11.5. The van der Waals surface area contributed by atoms with Crippen molar-refractivity contribution < 1.29 is 24.3 Å². The van der Waals surface area contributed by atoms with Crippen molar-refractivity contribution in [3.05, 3.63) is 45.9 Å². The molecule has 22 heavy (non-hydrogen) atoms. The second kappa shape index (κ2) is 11.1. The zero-order valence-electron chi connectivity index (χ0n) is 12.8. The van der Waals surface area contributed by atoms with Gasteiger partial charge in [-0.15, -0.1) is 10.1 Å². The minimum atomic E-state index is -0.911. The average Bonchev–Trinajstić information content (AvgIpc) is 2.45. The van der Waals surface area contributed by atoms with Crippen molar-refractivity contribution >= 4 is 11.9 Å². The predicted octanol–water partition coefficient (Wildman–Crippen LogP) is 2.02. The van der Waals surface area contributed by atoms with Crippen LogP contribution in [0.4, 0.5) is 0 Å². The molecule has 0 aliphatic rings. The highest BCUT2D eigenvalue weighted by Gasteiger charge is 2.06. The summed E-state index contributed by atoms with van der Waals surface area (Å²) in [6.07, 6.45) is 6.61. The molecule has 0 aromatic rings. The molecule has 1 amide bonds. The number of hydrogen-bond acceptors (Lipinski definition) is 6. The fourth-order valence-electron chi connectivity index (χ4n) is 1.31. The number of amides is 1. The largest absolute Gasteiger partial charge is 0.427 e. The second-order valence-corrected chi connectivity index (χ2v) is 4.08. The first kappa shape index (κ1) is 19.4. The molecule has 0 bridgehead atoms. The maximum Gasteiger partial charge on any atom is 0.311 e. The normalized spacial score (nSPS) is 12.1. The molecule has 0 spiro atoms. The van der Waals surface area contributed by atoms with E-state index >= 15 is 0 Å². The summed E-state index contributed by atoms with van der Waals surface area (Å²) in [5.74, 6) is -0.418. The Morgan fingerprint density at radius 2 is 1.91 bits per heavy atom. The third-order valence-electron chi connectivity index (χ3n) is 2.30. The van der Waals surface area contributed by atoms with Crippen LogP contribution in [-0.4, -0.2) is 23.6 Å². The average molecular weight is 312 g/mol. The van der Waals surface area contributed by atoms with Gasteiger partial charge in [-0.05, 0) is 38.5 Å². The zero-order chi connectivity index (χ0) is 17.0. The smallest absolute Gasteiger partial charge is 0.311 e. The van der Waals surface area contributed by atoms with Gasteiger partial charge in [0.1, 0.15) is 5.76 Å². The molecular formula is C14H20N2O6. The number of allylic oxidation sites excluding steroid dienone is 4. The summed E-state index contributed by atoms with van der Waals surface area (Å²) in [5.41, 5.74) is 0.572. The molecule has 0 atom stereocenters. The first-order valence-electron chi connectivity index (χ1n) is 6.65. The van der Waals surface area contributed by atoms with Crippen LogP contribution in [0.2, 0.25) is 0 Å². The van der Waals surface area contributed by atoms with Gasteiger partial charge in [-0.3, -0.25) is 9.59 Å². The van der Waals surface area contributed by atoms with Gasteiger partial charge in [-0.2, -0.15) is 0 Å². The number of esters is 1. The second-order valence-electron chi connectivity index (χ2n) is 4.08. The van der Waals surface area contributed by atoms with Gasteiger partial charge in [-0.1, -0.05) is 6.08 Å². The molecule has 0 aliphatic carbocycles. The summed E-state index contributed by atoms with van der Waals surface area (Å²) in [5, 5.41) is 11.6. The van der Waals surface area contributed by atoms with Gasteiger partial charge in [-0.25, -0.2) is 0 Å². The van der Waals surface area contributed by atoms with E-state index in [-0.39, 0.29) is 25.4 Å². The highest BCUT2D eigenvalue weighted by Crippen LogP contribution is 2.06. The van der Waals surface area contributed by atoms with Crippen LogP contribution in [-0.2, 0) is 19.2 Å². The van der Waals surface area contributed by atoms with Crippen LogP contribution in [0, 0.1) is 10.1 Å². The van der Waals surface area contributed by atoms with Crippen LogP contribution in [0.15, 0.2) is 35.8 Å². The summed E-state index contributed by atoms with van der Waals surface area (Å²) in [4.78, 5) is 36.5. The molecule has 1 N–H and O–H groups in total. The lowest BCUT2D eigenvalue weighted by molar-refractivity contribution is -0.757. The van der Waals surface area contributed by atoms with Crippen molar-refractivity contribution in [3.8, 4) is 0 Å². The van der Waals surface area contributed by atoms with Crippen molar-refractivity contribution in [2.45, 2.75) is 33.6 Å². The van der Waals surface area contributed by atoms with Gasteiger partial charge in [0.05, 0.1) is 6.61 Å². The van der Waals surface area contributed by atoms with Crippen molar-refractivity contribution in [1.29, 1.82) is 0 Å². The third kappa shape index (κ3) is 10.2. The lowest BCUT2D eigenvalue weighted by Crippen LogP contribution is -2.17. The van der Waals surface area contributed by atoms with Gasteiger partial charge in [0, 0.05) is 19.0 Å². The minimum Gasteiger partial charge on any atom is -0.427 e. The Bertz CT molecular complexity index is 494. The lowest BCUT2D eigenvalue weighted by Gasteiger charge is -2.06. The number of carbonyl (C=O) groups is 2. The van der Waals surface area contributed by atoms with Gasteiger partial charge < -0.3 is 14.9 Å². The van der Waals surface area contributed by atoms with Crippen LogP contribution in [0.25, 0.3) is 0 Å². The number of nitrogens with one attached hydrogen (secondary N) is 1. The van der Waals surface area contributed by atoms with E-state index in [1.54, 1.807) is 32.1 Å². The van der Waals surface area contributed by atoms with E-state index in [1.165, 1.54) is 13.0 Å². The molecule has 0 rings (SSSR count). The molecule has 0 heterocycles.